The van der Waals surface area contributed by atoms with E-state index in [4.69, 9.17) is 0 Å². The Labute approximate surface area is 149 Å². The first-order chi connectivity index (χ1) is 11.1. The minimum Gasteiger partial charge on any atom is -0.325 e. The zero-order valence-electron chi connectivity index (χ0n) is 13.1. The third-order valence-corrected chi connectivity index (χ3v) is 4.91. The number of aryl methyl sites for hydroxylation is 2. The predicted molar refractivity (Wildman–Crippen MR) is 103 cm³/mol. The standard InChI is InChI=1S/C19H17IN2O/c1-12-14-7-3-5-9-17(14)21-13(2)15(12)11-19(23)22-18-10-6-4-8-16(18)20/h3-10H,11H2,1-2H3,(H,22,23). The van der Waals surface area contributed by atoms with E-state index >= 15 is 0 Å². The Hall–Kier alpha value is -1.95. The molecule has 0 aliphatic heterocycles. The minimum atomic E-state index is -0.0163. The lowest BCUT2D eigenvalue weighted by molar-refractivity contribution is -0.115. The first-order valence-electron chi connectivity index (χ1n) is 7.45. The lowest BCUT2D eigenvalue weighted by atomic mass is 9.99. The van der Waals surface area contributed by atoms with Crippen molar-refractivity contribution in [3.05, 3.63) is 68.9 Å². The van der Waals surface area contributed by atoms with Crippen LogP contribution in [0.15, 0.2) is 48.5 Å². The van der Waals surface area contributed by atoms with E-state index in [1.54, 1.807) is 0 Å². The van der Waals surface area contributed by atoms with Gasteiger partial charge in [-0.25, -0.2) is 0 Å². The molecule has 0 atom stereocenters. The van der Waals surface area contributed by atoms with Crippen LogP contribution in [0.1, 0.15) is 16.8 Å². The molecule has 116 valence electrons. The van der Waals surface area contributed by atoms with Gasteiger partial charge in [0.2, 0.25) is 5.91 Å². The highest BCUT2D eigenvalue weighted by atomic mass is 127. The van der Waals surface area contributed by atoms with E-state index in [2.05, 4.69) is 45.9 Å². The second-order valence-electron chi connectivity index (χ2n) is 5.52. The highest BCUT2D eigenvalue weighted by Crippen LogP contribution is 2.23. The van der Waals surface area contributed by atoms with Gasteiger partial charge in [0.15, 0.2) is 0 Å². The van der Waals surface area contributed by atoms with E-state index < -0.39 is 0 Å². The second kappa shape index (κ2) is 6.66. The number of benzene rings is 2. The van der Waals surface area contributed by atoms with Crippen LogP contribution in [0.2, 0.25) is 0 Å². The van der Waals surface area contributed by atoms with Gasteiger partial charge in [0.1, 0.15) is 0 Å². The molecule has 23 heavy (non-hydrogen) atoms. The van der Waals surface area contributed by atoms with Gasteiger partial charge < -0.3 is 5.32 Å². The van der Waals surface area contributed by atoms with Crippen molar-refractivity contribution in [1.29, 1.82) is 0 Å². The molecule has 0 aliphatic carbocycles. The van der Waals surface area contributed by atoms with Crippen LogP contribution in [-0.4, -0.2) is 10.9 Å². The van der Waals surface area contributed by atoms with Gasteiger partial charge in [-0.05, 0) is 65.8 Å². The van der Waals surface area contributed by atoms with Crippen molar-refractivity contribution < 1.29 is 4.79 Å². The van der Waals surface area contributed by atoms with Crippen LogP contribution < -0.4 is 5.32 Å². The van der Waals surface area contributed by atoms with Gasteiger partial charge >= 0.3 is 0 Å². The van der Waals surface area contributed by atoms with Crippen molar-refractivity contribution in [3.8, 4) is 0 Å². The van der Waals surface area contributed by atoms with E-state index in [0.717, 1.165) is 37.0 Å². The Morgan fingerprint density at radius 1 is 1.09 bits per heavy atom. The number of hydrogen-bond donors (Lipinski definition) is 1. The van der Waals surface area contributed by atoms with Gasteiger partial charge in [-0.3, -0.25) is 9.78 Å². The monoisotopic (exact) mass is 416 g/mol. The van der Waals surface area contributed by atoms with Crippen molar-refractivity contribution in [3.63, 3.8) is 0 Å². The quantitative estimate of drug-likeness (QED) is 0.633. The first-order valence-corrected chi connectivity index (χ1v) is 8.53. The summed E-state index contributed by atoms with van der Waals surface area (Å²) in [5.41, 5.74) is 4.88. The van der Waals surface area contributed by atoms with E-state index in [1.807, 2.05) is 49.4 Å². The van der Waals surface area contributed by atoms with Gasteiger partial charge in [-0.1, -0.05) is 30.3 Å². The number of fused-ring (bicyclic) bond motifs is 1. The van der Waals surface area contributed by atoms with Crippen LogP contribution in [-0.2, 0) is 11.2 Å². The number of nitrogens with zero attached hydrogens (tertiary/aromatic N) is 1. The summed E-state index contributed by atoms with van der Waals surface area (Å²) in [5.74, 6) is -0.0163. The van der Waals surface area contributed by atoms with Gasteiger partial charge in [-0.15, -0.1) is 0 Å². The smallest absolute Gasteiger partial charge is 0.228 e. The normalized spacial score (nSPS) is 10.7. The summed E-state index contributed by atoms with van der Waals surface area (Å²) in [6.07, 6.45) is 0.334. The summed E-state index contributed by atoms with van der Waals surface area (Å²) >= 11 is 2.22. The number of carbonyl (C=O) groups is 1. The zero-order valence-corrected chi connectivity index (χ0v) is 15.2. The molecule has 1 aromatic heterocycles. The molecule has 1 amide bonds. The summed E-state index contributed by atoms with van der Waals surface area (Å²) < 4.78 is 1.03. The predicted octanol–water partition coefficient (Wildman–Crippen LogP) is 4.64. The Bertz CT molecular complexity index is 890. The third kappa shape index (κ3) is 3.37. The molecule has 0 spiro atoms. The fourth-order valence-electron chi connectivity index (χ4n) is 2.75. The highest BCUT2D eigenvalue weighted by Gasteiger charge is 2.13. The Kier molecular flexibility index (Phi) is 4.61. The molecule has 0 bridgehead atoms. The fraction of sp³-hybridized carbons (Fsp3) is 0.158. The molecule has 2 aromatic carbocycles. The molecule has 0 unspecified atom stereocenters. The van der Waals surface area contributed by atoms with Crippen LogP contribution >= 0.6 is 22.6 Å². The van der Waals surface area contributed by atoms with Crippen LogP contribution in [0, 0.1) is 17.4 Å². The van der Waals surface area contributed by atoms with Crippen molar-refractivity contribution >= 4 is 45.1 Å². The fourth-order valence-corrected chi connectivity index (χ4v) is 3.27. The van der Waals surface area contributed by atoms with Crippen molar-refractivity contribution in [2.24, 2.45) is 0 Å². The van der Waals surface area contributed by atoms with Crippen LogP contribution in [0.4, 0.5) is 5.69 Å². The molecule has 0 radical (unpaired) electrons. The van der Waals surface area contributed by atoms with E-state index in [-0.39, 0.29) is 5.91 Å². The number of anilines is 1. The van der Waals surface area contributed by atoms with Crippen LogP contribution in [0.5, 0.6) is 0 Å². The third-order valence-electron chi connectivity index (χ3n) is 3.97. The SMILES string of the molecule is Cc1nc2ccccc2c(C)c1CC(=O)Nc1ccccc1I. The maximum Gasteiger partial charge on any atom is 0.228 e. The topological polar surface area (TPSA) is 42.0 Å². The number of aromatic nitrogens is 1. The maximum atomic E-state index is 12.4. The summed E-state index contributed by atoms with van der Waals surface area (Å²) in [6.45, 7) is 4.03. The molecule has 0 saturated carbocycles. The van der Waals surface area contributed by atoms with Gasteiger partial charge in [0.25, 0.3) is 0 Å². The average Bonchev–Trinajstić information content (AvgIpc) is 2.54. The summed E-state index contributed by atoms with van der Waals surface area (Å²) in [6, 6.07) is 15.8. The number of rotatable bonds is 3. The number of para-hydroxylation sites is 2. The van der Waals surface area contributed by atoms with Crippen molar-refractivity contribution in [1.82, 2.24) is 4.98 Å². The minimum absolute atomic E-state index is 0.0163. The van der Waals surface area contributed by atoms with E-state index in [9.17, 15) is 4.79 Å². The maximum absolute atomic E-state index is 12.4. The van der Waals surface area contributed by atoms with Gasteiger partial charge in [0.05, 0.1) is 17.6 Å². The lowest BCUT2D eigenvalue weighted by Gasteiger charge is -2.13. The van der Waals surface area contributed by atoms with Crippen LogP contribution in [0.25, 0.3) is 10.9 Å². The molecule has 0 fully saturated rings. The molecular weight excluding hydrogens is 399 g/mol. The number of pyridine rings is 1. The van der Waals surface area contributed by atoms with E-state index in [0.29, 0.717) is 6.42 Å². The molecule has 1 N–H and O–H groups in total. The van der Waals surface area contributed by atoms with Gasteiger partial charge in [0, 0.05) is 14.7 Å². The zero-order chi connectivity index (χ0) is 16.4. The largest absolute Gasteiger partial charge is 0.325 e. The number of carbonyl (C=O) groups excluding carboxylic acids is 1. The Morgan fingerprint density at radius 2 is 1.78 bits per heavy atom. The van der Waals surface area contributed by atoms with E-state index in [1.165, 1.54) is 0 Å². The summed E-state index contributed by atoms with van der Waals surface area (Å²) in [5, 5.41) is 4.09. The Balaban J connectivity index is 1.89. The molecule has 0 saturated heterocycles. The Morgan fingerprint density at radius 3 is 2.57 bits per heavy atom. The molecule has 0 aliphatic rings. The number of amides is 1. The molecule has 4 heteroatoms. The number of nitrogens with one attached hydrogen (secondary N) is 1. The lowest BCUT2D eigenvalue weighted by Crippen LogP contribution is -2.17. The van der Waals surface area contributed by atoms with Crippen LogP contribution in [0.3, 0.4) is 0 Å². The number of hydrogen-bond acceptors (Lipinski definition) is 2. The second-order valence-corrected chi connectivity index (χ2v) is 6.68. The summed E-state index contributed by atoms with van der Waals surface area (Å²) in [7, 11) is 0. The number of halogens is 1. The van der Waals surface area contributed by atoms with Crippen molar-refractivity contribution in [2.75, 3.05) is 5.32 Å². The van der Waals surface area contributed by atoms with Gasteiger partial charge in [-0.2, -0.15) is 0 Å². The molecular formula is C19H17IN2O. The molecule has 3 aromatic rings. The molecule has 3 nitrogen and oxygen atoms in total. The molecule has 1 heterocycles. The van der Waals surface area contributed by atoms with Crippen molar-refractivity contribution in [2.45, 2.75) is 20.3 Å². The molecule has 3 rings (SSSR count). The average molecular weight is 416 g/mol. The summed E-state index contributed by atoms with van der Waals surface area (Å²) in [4.78, 5) is 17.1. The highest BCUT2D eigenvalue weighted by molar-refractivity contribution is 14.1. The first kappa shape index (κ1) is 15.9.